The van der Waals surface area contributed by atoms with Crippen molar-refractivity contribution in [1.29, 1.82) is 0 Å². The standard InChI is InChI=1S/C31H47ClN8O4/c1-4-23-19-39(31-28(32)36-27(30(34)43)29(33)37-31)12-13-40(23)20(3)10-11-38(5-2)18-21-8-9-24(41)15-22(21)16-26(42)35-17-25-7-6-14-44-25/h8-9,15,20,23,25,41H,4-7,10-14,16-19H2,1-3H3,(H2,33,37)(H2,34,43)(H,35,42). The van der Waals surface area contributed by atoms with Crippen LogP contribution < -0.4 is 21.7 Å². The fourth-order valence-electron chi connectivity index (χ4n) is 6.13. The van der Waals surface area contributed by atoms with Gasteiger partial charge in [0.1, 0.15) is 5.75 Å². The third-order valence-corrected chi connectivity index (χ3v) is 9.01. The van der Waals surface area contributed by atoms with E-state index in [1.54, 1.807) is 12.1 Å². The van der Waals surface area contributed by atoms with E-state index in [0.717, 1.165) is 63.1 Å². The van der Waals surface area contributed by atoms with Crippen molar-refractivity contribution in [3.05, 3.63) is 40.2 Å². The molecule has 3 atom stereocenters. The molecule has 12 nitrogen and oxygen atoms in total. The molecule has 2 fully saturated rings. The largest absolute Gasteiger partial charge is 0.508 e. The molecule has 2 aliphatic heterocycles. The molecular weight excluding hydrogens is 584 g/mol. The Balaban J connectivity index is 1.33. The van der Waals surface area contributed by atoms with E-state index >= 15 is 0 Å². The van der Waals surface area contributed by atoms with E-state index in [-0.39, 0.29) is 46.9 Å². The molecule has 4 rings (SSSR count). The number of hydrogen-bond acceptors (Lipinski definition) is 10. The summed E-state index contributed by atoms with van der Waals surface area (Å²) in [5, 5.41) is 13.3. The molecule has 0 saturated carbocycles. The zero-order valence-electron chi connectivity index (χ0n) is 26.1. The Morgan fingerprint density at radius 3 is 2.73 bits per heavy atom. The lowest BCUT2D eigenvalue weighted by Gasteiger charge is -2.45. The van der Waals surface area contributed by atoms with Crippen molar-refractivity contribution in [2.45, 2.75) is 77.6 Å². The van der Waals surface area contributed by atoms with Crippen molar-refractivity contribution in [2.24, 2.45) is 5.73 Å². The van der Waals surface area contributed by atoms with Crippen LogP contribution in [0.4, 0.5) is 11.6 Å². The highest BCUT2D eigenvalue weighted by molar-refractivity contribution is 6.32. The number of aromatic hydroxyl groups is 1. The van der Waals surface area contributed by atoms with Crippen LogP contribution in [-0.2, 0) is 22.5 Å². The number of nitrogens with two attached hydrogens (primary N) is 2. The molecule has 3 unspecified atom stereocenters. The summed E-state index contributed by atoms with van der Waals surface area (Å²) in [7, 11) is 0. The van der Waals surface area contributed by atoms with Crippen LogP contribution in [0.3, 0.4) is 0 Å². The Morgan fingerprint density at radius 1 is 1.25 bits per heavy atom. The maximum Gasteiger partial charge on any atom is 0.271 e. The van der Waals surface area contributed by atoms with E-state index < -0.39 is 5.91 Å². The number of nitrogens with zero attached hydrogens (tertiary/aromatic N) is 5. The third-order valence-electron chi connectivity index (χ3n) is 8.76. The summed E-state index contributed by atoms with van der Waals surface area (Å²) < 4.78 is 5.62. The minimum absolute atomic E-state index is 0.0171. The number of piperazine rings is 1. The number of benzene rings is 1. The number of nitrogens with one attached hydrogen (secondary N) is 1. The zero-order chi connectivity index (χ0) is 31.8. The van der Waals surface area contributed by atoms with Gasteiger partial charge >= 0.3 is 0 Å². The van der Waals surface area contributed by atoms with Crippen LogP contribution in [0.5, 0.6) is 5.75 Å². The molecule has 1 aromatic carbocycles. The molecule has 2 saturated heterocycles. The second-order valence-electron chi connectivity index (χ2n) is 11.8. The number of rotatable bonds is 14. The number of aromatic nitrogens is 2. The minimum Gasteiger partial charge on any atom is -0.508 e. The van der Waals surface area contributed by atoms with Crippen molar-refractivity contribution < 1.29 is 19.4 Å². The van der Waals surface area contributed by atoms with Gasteiger partial charge in [-0.3, -0.25) is 19.4 Å². The van der Waals surface area contributed by atoms with Crippen LogP contribution in [0.1, 0.15) is 68.1 Å². The number of ether oxygens (including phenoxy) is 1. The van der Waals surface area contributed by atoms with Crippen molar-refractivity contribution in [3.63, 3.8) is 0 Å². The first-order valence-electron chi connectivity index (χ1n) is 15.6. The predicted molar refractivity (Wildman–Crippen MR) is 172 cm³/mol. The lowest BCUT2D eigenvalue weighted by Crippen LogP contribution is -2.56. The molecule has 2 aromatic rings. The van der Waals surface area contributed by atoms with Gasteiger partial charge in [0.2, 0.25) is 5.91 Å². The van der Waals surface area contributed by atoms with Gasteiger partial charge in [-0.05, 0) is 69.0 Å². The van der Waals surface area contributed by atoms with Crippen molar-refractivity contribution in [1.82, 2.24) is 25.1 Å². The topological polar surface area (TPSA) is 163 Å². The van der Waals surface area contributed by atoms with Gasteiger partial charge in [0.15, 0.2) is 22.5 Å². The molecule has 2 amide bonds. The lowest BCUT2D eigenvalue weighted by molar-refractivity contribution is -0.120. The maximum absolute atomic E-state index is 12.7. The van der Waals surface area contributed by atoms with E-state index in [1.165, 1.54) is 0 Å². The van der Waals surface area contributed by atoms with E-state index in [0.29, 0.717) is 38.0 Å². The van der Waals surface area contributed by atoms with Gasteiger partial charge in [-0.1, -0.05) is 31.5 Å². The van der Waals surface area contributed by atoms with Gasteiger partial charge in [-0.2, -0.15) is 0 Å². The second-order valence-corrected chi connectivity index (χ2v) is 12.1. The van der Waals surface area contributed by atoms with Gasteiger partial charge in [-0.25, -0.2) is 9.97 Å². The summed E-state index contributed by atoms with van der Waals surface area (Å²) in [6.07, 6.45) is 4.24. The van der Waals surface area contributed by atoms with Crippen molar-refractivity contribution in [3.8, 4) is 5.75 Å². The fourth-order valence-corrected chi connectivity index (χ4v) is 6.38. The quantitative estimate of drug-likeness (QED) is 0.244. The molecule has 242 valence electrons. The van der Waals surface area contributed by atoms with Crippen LogP contribution in [0, 0.1) is 0 Å². The Morgan fingerprint density at radius 2 is 2.05 bits per heavy atom. The number of carbonyl (C=O) groups excluding carboxylic acids is 2. The summed E-state index contributed by atoms with van der Waals surface area (Å²) in [5.41, 5.74) is 13.1. The molecule has 3 heterocycles. The molecule has 0 radical (unpaired) electrons. The maximum atomic E-state index is 12.7. The fraction of sp³-hybridized carbons (Fsp3) is 0.613. The number of phenols is 1. The molecule has 0 bridgehead atoms. The number of anilines is 2. The van der Waals surface area contributed by atoms with Crippen LogP contribution in [0.2, 0.25) is 5.15 Å². The lowest BCUT2D eigenvalue weighted by atomic mass is 10.0. The molecular formula is C31H47ClN8O4. The molecule has 44 heavy (non-hydrogen) atoms. The number of amides is 2. The molecule has 0 aliphatic carbocycles. The zero-order valence-corrected chi connectivity index (χ0v) is 26.9. The predicted octanol–water partition coefficient (Wildman–Crippen LogP) is 2.56. The molecule has 1 aromatic heterocycles. The SMILES string of the molecule is CCC1CN(c2nc(N)c(C(N)=O)nc2Cl)CCN1C(C)CCN(CC)Cc1ccc(O)cc1CC(=O)NCC1CCCO1. The Kier molecular flexibility index (Phi) is 12.0. The normalized spacial score (nSPS) is 19.8. The first-order chi connectivity index (χ1) is 21.1. The van der Waals surface area contributed by atoms with Crippen LogP contribution in [0.25, 0.3) is 0 Å². The van der Waals surface area contributed by atoms with Gasteiger partial charge in [0, 0.05) is 51.4 Å². The van der Waals surface area contributed by atoms with Gasteiger partial charge in [-0.15, -0.1) is 0 Å². The number of nitrogen functional groups attached to an aromatic ring is 1. The van der Waals surface area contributed by atoms with E-state index in [1.807, 2.05) is 6.07 Å². The van der Waals surface area contributed by atoms with Crippen molar-refractivity contribution >= 4 is 35.1 Å². The highest BCUT2D eigenvalue weighted by Gasteiger charge is 2.31. The summed E-state index contributed by atoms with van der Waals surface area (Å²) in [6, 6.07) is 5.93. The Labute approximate surface area is 265 Å². The first-order valence-corrected chi connectivity index (χ1v) is 16.0. The number of primary amides is 1. The summed E-state index contributed by atoms with van der Waals surface area (Å²) in [5.74, 6) is -0.200. The van der Waals surface area contributed by atoms with E-state index in [4.69, 9.17) is 27.8 Å². The van der Waals surface area contributed by atoms with Gasteiger partial charge in [0.25, 0.3) is 5.91 Å². The van der Waals surface area contributed by atoms with Crippen LogP contribution >= 0.6 is 11.6 Å². The minimum atomic E-state index is -0.758. The van der Waals surface area contributed by atoms with Crippen molar-refractivity contribution in [2.75, 3.05) is 56.5 Å². The van der Waals surface area contributed by atoms with Crippen LogP contribution in [-0.4, -0.2) is 101 Å². The third kappa shape index (κ3) is 8.71. The molecule has 13 heteroatoms. The Bertz CT molecular complexity index is 1290. The second kappa shape index (κ2) is 15.7. The first kappa shape index (κ1) is 33.7. The van der Waals surface area contributed by atoms with Gasteiger partial charge in [0.05, 0.1) is 12.5 Å². The van der Waals surface area contributed by atoms with Gasteiger partial charge < -0.3 is 31.5 Å². The summed E-state index contributed by atoms with van der Waals surface area (Å²) in [6.45, 7) is 12.6. The average molecular weight is 631 g/mol. The van der Waals surface area contributed by atoms with Crippen LogP contribution in [0.15, 0.2) is 18.2 Å². The summed E-state index contributed by atoms with van der Waals surface area (Å²) >= 11 is 6.39. The van der Waals surface area contributed by atoms with E-state index in [2.05, 4.69) is 50.8 Å². The monoisotopic (exact) mass is 630 g/mol. The number of hydrogen-bond donors (Lipinski definition) is 4. The van der Waals surface area contributed by atoms with E-state index in [9.17, 15) is 14.7 Å². The highest BCUT2D eigenvalue weighted by atomic mass is 35.5. The molecule has 6 N–H and O–H groups in total. The number of halogens is 1. The average Bonchev–Trinajstić information content (AvgIpc) is 3.53. The summed E-state index contributed by atoms with van der Waals surface area (Å²) in [4.78, 5) is 39.8. The Hall–Kier alpha value is -3.19. The molecule has 2 aliphatic rings. The smallest absolute Gasteiger partial charge is 0.271 e. The highest BCUT2D eigenvalue weighted by Crippen LogP contribution is 2.28. The number of carbonyl (C=O) groups is 2. The molecule has 0 spiro atoms. The number of phenolic OH excluding ortho intramolecular Hbond substituents is 1.